The monoisotopic (exact) mass is 498 g/mol. The first-order valence-corrected chi connectivity index (χ1v) is 11.3. The summed E-state index contributed by atoms with van der Waals surface area (Å²) >= 11 is 18.5. The molecule has 1 aromatic heterocycles. The van der Waals surface area contributed by atoms with Crippen molar-refractivity contribution < 1.29 is 14.3 Å². The standard InChI is InChI=1S/C22H25Cl3N4O3/c1-21(2,3)32-20(31)28-22(4)8-10-29(11-9-22)15-12-26-17(19(25)27-15)18(30)13-6-5-7-14(23)16(13)24/h5-7,12H,8-11H2,1-4H3,(H,28,31). The number of amides is 1. The molecule has 0 saturated carbocycles. The lowest BCUT2D eigenvalue weighted by Gasteiger charge is -2.40. The second-order valence-electron chi connectivity index (χ2n) is 8.97. The van der Waals surface area contributed by atoms with E-state index >= 15 is 0 Å². The summed E-state index contributed by atoms with van der Waals surface area (Å²) in [7, 11) is 0. The van der Waals surface area contributed by atoms with Crippen molar-refractivity contribution in [2.45, 2.75) is 51.7 Å². The second kappa shape index (κ2) is 9.41. The summed E-state index contributed by atoms with van der Waals surface area (Å²) in [5.41, 5.74) is -0.727. The molecule has 1 aliphatic rings. The average Bonchev–Trinajstić information content (AvgIpc) is 2.68. The van der Waals surface area contributed by atoms with Gasteiger partial charge in [-0.25, -0.2) is 14.8 Å². The lowest BCUT2D eigenvalue weighted by molar-refractivity contribution is 0.0448. The summed E-state index contributed by atoms with van der Waals surface area (Å²) in [5.74, 6) is 0.109. The van der Waals surface area contributed by atoms with Crippen LogP contribution in [0, 0.1) is 0 Å². The molecule has 2 heterocycles. The van der Waals surface area contributed by atoms with Crippen LogP contribution in [0.2, 0.25) is 15.2 Å². The molecule has 0 spiro atoms. The topological polar surface area (TPSA) is 84.4 Å². The molecule has 1 fully saturated rings. The Labute approximate surface area is 202 Å². The van der Waals surface area contributed by atoms with Crippen LogP contribution in [0.5, 0.6) is 0 Å². The molecule has 0 atom stereocenters. The zero-order valence-corrected chi connectivity index (χ0v) is 20.6. The number of alkyl carbamates (subject to hydrolysis) is 1. The number of ether oxygens (including phenoxy) is 1. The third-order valence-electron chi connectivity index (χ3n) is 5.12. The first kappa shape index (κ1) is 24.6. The highest BCUT2D eigenvalue weighted by molar-refractivity contribution is 6.44. The van der Waals surface area contributed by atoms with Crippen LogP contribution in [0.4, 0.5) is 10.6 Å². The number of aromatic nitrogens is 2. The Balaban J connectivity index is 1.68. The highest BCUT2D eigenvalue weighted by Gasteiger charge is 2.34. The molecule has 10 heteroatoms. The predicted octanol–water partition coefficient (Wildman–Crippen LogP) is 5.55. The molecular weight excluding hydrogens is 475 g/mol. The number of ketones is 1. The van der Waals surface area contributed by atoms with E-state index in [1.54, 1.807) is 18.2 Å². The van der Waals surface area contributed by atoms with Crippen molar-refractivity contribution in [1.82, 2.24) is 15.3 Å². The lowest BCUT2D eigenvalue weighted by atomic mass is 9.90. The first-order valence-electron chi connectivity index (χ1n) is 10.2. The molecule has 0 aliphatic carbocycles. The molecule has 32 heavy (non-hydrogen) atoms. The minimum Gasteiger partial charge on any atom is -0.444 e. The number of nitrogens with one attached hydrogen (secondary N) is 1. The van der Waals surface area contributed by atoms with Gasteiger partial charge in [-0.2, -0.15) is 0 Å². The van der Waals surface area contributed by atoms with Crippen LogP contribution < -0.4 is 10.2 Å². The SMILES string of the molecule is CC1(NC(=O)OC(C)(C)C)CCN(c2cnc(C(=O)c3cccc(Cl)c3Cl)c(Cl)n2)CC1. The van der Waals surface area contributed by atoms with Crippen molar-refractivity contribution in [3.63, 3.8) is 0 Å². The lowest BCUT2D eigenvalue weighted by Crippen LogP contribution is -2.54. The van der Waals surface area contributed by atoms with Crippen molar-refractivity contribution in [1.29, 1.82) is 0 Å². The number of piperidine rings is 1. The molecular formula is C22H25Cl3N4O3. The summed E-state index contributed by atoms with van der Waals surface area (Å²) in [4.78, 5) is 35.6. The highest BCUT2D eigenvalue weighted by Crippen LogP contribution is 2.30. The van der Waals surface area contributed by atoms with Gasteiger partial charge in [0.05, 0.1) is 16.2 Å². The van der Waals surface area contributed by atoms with Crippen LogP contribution in [-0.4, -0.2) is 46.1 Å². The Bertz CT molecular complexity index is 1030. The number of carbonyl (C=O) groups excluding carboxylic acids is 2. The first-order chi connectivity index (χ1) is 14.9. The number of carbonyl (C=O) groups is 2. The molecule has 1 aromatic carbocycles. The maximum atomic E-state index is 12.8. The van der Waals surface area contributed by atoms with Crippen LogP contribution in [0.25, 0.3) is 0 Å². The fourth-order valence-corrected chi connectivity index (χ4v) is 3.98. The van der Waals surface area contributed by atoms with Gasteiger partial charge in [0, 0.05) is 24.2 Å². The molecule has 2 aromatic rings. The smallest absolute Gasteiger partial charge is 0.408 e. The Hall–Kier alpha value is -2.09. The van der Waals surface area contributed by atoms with Gasteiger partial charge in [-0.05, 0) is 52.7 Å². The van der Waals surface area contributed by atoms with Gasteiger partial charge < -0.3 is 15.0 Å². The van der Waals surface area contributed by atoms with Crippen LogP contribution in [-0.2, 0) is 4.74 Å². The van der Waals surface area contributed by atoms with Gasteiger partial charge >= 0.3 is 6.09 Å². The van der Waals surface area contributed by atoms with E-state index < -0.39 is 23.0 Å². The number of nitrogens with zero attached hydrogens (tertiary/aromatic N) is 3. The summed E-state index contributed by atoms with van der Waals surface area (Å²) in [5, 5.41) is 3.38. The van der Waals surface area contributed by atoms with E-state index in [4.69, 9.17) is 39.5 Å². The Kier molecular flexibility index (Phi) is 7.22. The molecule has 3 rings (SSSR count). The Morgan fingerprint density at radius 2 is 1.81 bits per heavy atom. The molecule has 7 nitrogen and oxygen atoms in total. The van der Waals surface area contributed by atoms with Gasteiger partial charge in [-0.3, -0.25) is 4.79 Å². The average molecular weight is 500 g/mol. The predicted molar refractivity (Wildman–Crippen MR) is 126 cm³/mol. The number of rotatable bonds is 4. The quantitative estimate of drug-likeness (QED) is 0.555. The van der Waals surface area contributed by atoms with Gasteiger partial charge in [0.15, 0.2) is 5.15 Å². The molecule has 0 radical (unpaired) electrons. The van der Waals surface area contributed by atoms with Gasteiger partial charge in [0.1, 0.15) is 17.1 Å². The van der Waals surface area contributed by atoms with Crippen molar-refractivity contribution in [3.05, 3.63) is 50.9 Å². The fourth-order valence-electron chi connectivity index (χ4n) is 3.37. The summed E-state index contributed by atoms with van der Waals surface area (Å²) < 4.78 is 5.37. The minimum absolute atomic E-state index is 0.00743. The van der Waals surface area contributed by atoms with Crippen molar-refractivity contribution in [2.75, 3.05) is 18.0 Å². The van der Waals surface area contributed by atoms with Crippen LogP contribution in [0.1, 0.15) is 56.6 Å². The number of anilines is 1. The van der Waals surface area contributed by atoms with Gasteiger partial charge in [0.25, 0.3) is 0 Å². The second-order valence-corrected chi connectivity index (χ2v) is 10.1. The van der Waals surface area contributed by atoms with Gasteiger partial charge in [0.2, 0.25) is 5.78 Å². The Morgan fingerprint density at radius 3 is 2.41 bits per heavy atom. The zero-order valence-electron chi connectivity index (χ0n) is 18.3. The van der Waals surface area contributed by atoms with Crippen molar-refractivity contribution in [2.24, 2.45) is 0 Å². The van der Waals surface area contributed by atoms with E-state index in [1.165, 1.54) is 6.20 Å². The molecule has 1 aliphatic heterocycles. The summed E-state index contributed by atoms with van der Waals surface area (Å²) in [6, 6.07) is 4.79. The third kappa shape index (κ3) is 5.82. The number of halogens is 3. The number of hydrogen-bond donors (Lipinski definition) is 1. The van der Waals surface area contributed by atoms with Gasteiger partial charge in [-0.1, -0.05) is 40.9 Å². The molecule has 0 bridgehead atoms. The summed E-state index contributed by atoms with van der Waals surface area (Å²) in [6.45, 7) is 8.73. The molecule has 172 valence electrons. The maximum Gasteiger partial charge on any atom is 0.408 e. The highest BCUT2D eigenvalue weighted by atomic mass is 35.5. The van der Waals surface area contributed by atoms with Gasteiger partial charge in [-0.15, -0.1) is 0 Å². The normalized spacial score (nSPS) is 15.9. The maximum absolute atomic E-state index is 12.8. The third-order valence-corrected chi connectivity index (χ3v) is 6.20. The van der Waals surface area contributed by atoms with E-state index in [1.807, 2.05) is 32.6 Å². The molecule has 1 N–H and O–H groups in total. The van der Waals surface area contributed by atoms with Crippen LogP contribution in [0.15, 0.2) is 24.4 Å². The van der Waals surface area contributed by atoms with E-state index in [-0.39, 0.29) is 26.5 Å². The van der Waals surface area contributed by atoms with E-state index in [2.05, 4.69) is 15.3 Å². The molecule has 1 amide bonds. The van der Waals surface area contributed by atoms with Crippen molar-refractivity contribution in [3.8, 4) is 0 Å². The largest absolute Gasteiger partial charge is 0.444 e. The summed E-state index contributed by atoms with van der Waals surface area (Å²) in [6.07, 6.45) is 2.45. The van der Waals surface area contributed by atoms with E-state index in [0.717, 1.165) is 0 Å². The van der Waals surface area contributed by atoms with Crippen LogP contribution >= 0.6 is 34.8 Å². The molecule has 0 unspecified atom stereocenters. The van der Waals surface area contributed by atoms with Crippen molar-refractivity contribution >= 4 is 52.5 Å². The number of benzene rings is 1. The zero-order chi connectivity index (χ0) is 23.7. The fraction of sp³-hybridized carbons (Fsp3) is 0.455. The van der Waals surface area contributed by atoms with E-state index in [0.29, 0.717) is 31.7 Å². The Morgan fingerprint density at radius 1 is 1.16 bits per heavy atom. The molecule has 1 saturated heterocycles. The number of hydrogen-bond acceptors (Lipinski definition) is 6. The van der Waals surface area contributed by atoms with E-state index in [9.17, 15) is 9.59 Å². The van der Waals surface area contributed by atoms with Crippen LogP contribution in [0.3, 0.4) is 0 Å². The minimum atomic E-state index is -0.554.